The van der Waals surface area contributed by atoms with Crippen LogP contribution in [0.2, 0.25) is 0 Å². The number of allylic oxidation sites excluding steroid dienone is 1. The first kappa shape index (κ1) is 24.3. The Hall–Kier alpha value is -3.02. The van der Waals surface area contributed by atoms with Gasteiger partial charge < -0.3 is 19.0 Å². The molecule has 1 heterocycles. The van der Waals surface area contributed by atoms with E-state index < -0.39 is 0 Å². The number of hydrogen-bond acceptors (Lipinski definition) is 6. The molecule has 168 valence electrons. The summed E-state index contributed by atoms with van der Waals surface area (Å²) in [5.74, 6) is 2.47. The van der Waals surface area contributed by atoms with E-state index in [0.29, 0.717) is 25.7 Å². The molecule has 0 aliphatic rings. The third kappa shape index (κ3) is 9.11. The Labute approximate surface area is 185 Å². The first-order chi connectivity index (χ1) is 15.1. The van der Waals surface area contributed by atoms with Gasteiger partial charge in [-0.1, -0.05) is 17.3 Å². The SMILES string of the molecule is C/C=C/COc1cc(C)c(OCCCCCCOc2ccc(/C=N/OC)cn2)c(C)c1. The maximum Gasteiger partial charge on any atom is 0.213 e. The molecule has 0 unspecified atom stereocenters. The highest BCUT2D eigenvalue weighted by molar-refractivity contribution is 5.78. The Kier molecular flexibility index (Phi) is 11.0. The van der Waals surface area contributed by atoms with Gasteiger partial charge in [-0.2, -0.15) is 0 Å². The summed E-state index contributed by atoms with van der Waals surface area (Å²) in [7, 11) is 1.51. The number of oxime groups is 1. The van der Waals surface area contributed by atoms with E-state index in [1.165, 1.54) is 7.11 Å². The molecular weight excluding hydrogens is 392 g/mol. The number of rotatable bonds is 14. The third-order valence-electron chi connectivity index (χ3n) is 4.62. The van der Waals surface area contributed by atoms with Crippen molar-refractivity contribution >= 4 is 6.21 Å². The topological polar surface area (TPSA) is 62.2 Å². The van der Waals surface area contributed by atoms with Gasteiger partial charge in [-0.05, 0) is 75.8 Å². The summed E-state index contributed by atoms with van der Waals surface area (Å²) in [5.41, 5.74) is 3.09. The van der Waals surface area contributed by atoms with Crippen LogP contribution in [0.1, 0.15) is 49.3 Å². The minimum Gasteiger partial charge on any atom is -0.493 e. The molecule has 0 aliphatic carbocycles. The van der Waals surface area contributed by atoms with Gasteiger partial charge in [0.1, 0.15) is 25.2 Å². The molecule has 1 aromatic heterocycles. The standard InChI is InChI=1S/C25H34N2O4/c1-5-6-13-29-23-16-20(2)25(21(3)17-23)31-15-10-8-7-9-14-30-24-12-11-22(18-26-24)19-27-28-4/h5-6,11-12,16-19H,7-10,13-15H2,1-4H3/b6-5+,27-19+. The van der Waals surface area contributed by atoms with Crippen LogP contribution in [0.3, 0.4) is 0 Å². The van der Waals surface area contributed by atoms with Gasteiger partial charge in [0.15, 0.2) is 0 Å². The Morgan fingerprint density at radius 2 is 1.65 bits per heavy atom. The number of benzene rings is 1. The van der Waals surface area contributed by atoms with Gasteiger partial charge in [0.2, 0.25) is 5.88 Å². The molecular formula is C25H34N2O4. The van der Waals surface area contributed by atoms with Gasteiger partial charge in [0, 0.05) is 17.8 Å². The first-order valence-electron chi connectivity index (χ1n) is 10.8. The van der Waals surface area contributed by atoms with Crippen LogP contribution in [0.15, 0.2) is 47.8 Å². The Bertz CT molecular complexity index is 809. The molecule has 0 fully saturated rings. The number of unbranched alkanes of at least 4 members (excludes halogenated alkanes) is 3. The normalized spacial score (nSPS) is 11.2. The lowest BCUT2D eigenvalue weighted by molar-refractivity contribution is 0.215. The maximum atomic E-state index is 6.03. The van der Waals surface area contributed by atoms with Crippen LogP contribution in [0.25, 0.3) is 0 Å². The van der Waals surface area contributed by atoms with Crippen molar-refractivity contribution in [3.63, 3.8) is 0 Å². The largest absolute Gasteiger partial charge is 0.493 e. The van der Waals surface area contributed by atoms with Crippen molar-refractivity contribution in [2.45, 2.75) is 46.5 Å². The molecule has 0 radical (unpaired) electrons. The Balaban J connectivity index is 1.60. The molecule has 31 heavy (non-hydrogen) atoms. The summed E-state index contributed by atoms with van der Waals surface area (Å²) in [4.78, 5) is 8.90. The lowest BCUT2D eigenvalue weighted by Gasteiger charge is -2.14. The second-order valence-electron chi connectivity index (χ2n) is 7.22. The molecule has 0 saturated carbocycles. The Morgan fingerprint density at radius 3 is 2.26 bits per heavy atom. The highest BCUT2D eigenvalue weighted by Gasteiger charge is 2.07. The molecule has 0 spiro atoms. The van der Waals surface area contributed by atoms with Crippen molar-refractivity contribution in [3.05, 3.63) is 59.3 Å². The van der Waals surface area contributed by atoms with Gasteiger partial charge in [-0.3, -0.25) is 0 Å². The number of ether oxygens (including phenoxy) is 3. The molecule has 6 heteroatoms. The van der Waals surface area contributed by atoms with Crippen molar-refractivity contribution in [2.75, 3.05) is 26.9 Å². The van der Waals surface area contributed by atoms with E-state index in [1.807, 2.05) is 43.3 Å². The average molecular weight is 427 g/mol. The summed E-state index contributed by atoms with van der Waals surface area (Å²) in [5, 5.41) is 3.71. The van der Waals surface area contributed by atoms with Gasteiger partial charge >= 0.3 is 0 Å². The number of hydrogen-bond donors (Lipinski definition) is 0. The molecule has 1 aromatic carbocycles. The zero-order valence-electron chi connectivity index (χ0n) is 19.1. The molecule has 0 amide bonds. The van der Waals surface area contributed by atoms with E-state index in [1.54, 1.807) is 12.4 Å². The van der Waals surface area contributed by atoms with E-state index in [2.05, 4.69) is 28.8 Å². The fourth-order valence-corrected chi connectivity index (χ4v) is 3.04. The minimum atomic E-state index is 0.587. The molecule has 0 atom stereocenters. The van der Waals surface area contributed by atoms with Crippen molar-refractivity contribution < 1.29 is 19.0 Å². The van der Waals surface area contributed by atoms with Crippen LogP contribution in [0.4, 0.5) is 0 Å². The summed E-state index contributed by atoms with van der Waals surface area (Å²) in [6.45, 7) is 8.07. The predicted octanol–water partition coefficient (Wildman–Crippen LogP) is 5.65. The van der Waals surface area contributed by atoms with Crippen LogP contribution < -0.4 is 14.2 Å². The number of aromatic nitrogens is 1. The zero-order chi connectivity index (χ0) is 22.3. The summed E-state index contributed by atoms with van der Waals surface area (Å²) < 4.78 is 17.4. The van der Waals surface area contributed by atoms with Crippen molar-refractivity contribution in [1.82, 2.24) is 4.98 Å². The molecule has 0 saturated heterocycles. The fourth-order valence-electron chi connectivity index (χ4n) is 3.04. The second-order valence-corrected chi connectivity index (χ2v) is 7.22. The lowest BCUT2D eigenvalue weighted by atomic mass is 10.1. The molecule has 0 N–H and O–H groups in total. The fraction of sp³-hybridized carbons (Fsp3) is 0.440. The maximum absolute atomic E-state index is 6.03. The average Bonchev–Trinajstić information content (AvgIpc) is 2.76. The van der Waals surface area contributed by atoms with Crippen LogP contribution in [0.5, 0.6) is 17.4 Å². The van der Waals surface area contributed by atoms with E-state index in [-0.39, 0.29) is 0 Å². The van der Waals surface area contributed by atoms with Gasteiger partial charge in [0.05, 0.1) is 19.4 Å². The van der Waals surface area contributed by atoms with Gasteiger partial charge in [-0.15, -0.1) is 0 Å². The predicted molar refractivity (Wildman–Crippen MR) is 125 cm³/mol. The molecule has 0 bridgehead atoms. The first-order valence-corrected chi connectivity index (χ1v) is 10.8. The smallest absolute Gasteiger partial charge is 0.213 e. The second kappa shape index (κ2) is 14.1. The van der Waals surface area contributed by atoms with Crippen molar-refractivity contribution in [3.8, 4) is 17.4 Å². The van der Waals surface area contributed by atoms with Crippen LogP contribution in [-0.2, 0) is 4.84 Å². The monoisotopic (exact) mass is 426 g/mol. The molecule has 2 rings (SSSR count). The summed E-state index contributed by atoms with van der Waals surface area (Å²) in [6, 6.07) is 7.81. The lowest BCUT2D eigenvalue weighted by Crippen LogP contribution is -2.03. The van der Waals surface area contributed by atoms with Crippen LogP contribution in [0, 0.1) is 13.8 Å². The van der Waals surface area contributed by atoms with Gasteiger partial charge in [0.25, 0.3) is 0 Å². The van der Waals surface area contributed by atoms with Gasteiger partial charge in [-0.25, -0.2) is 4.98 Å². The number of pyridine rings is 1. The van der Waals surface area contributed by atoms with E-state index in [9.17, 15) is 0 Å². The van der Waals surface area contributed by atoms with Crippen LogP contribution >= 0.6 is 0 Å². The minimum absolute atomic E-state index is 0.587. The number of nitrogens with zero attached hydrogens (tertiary/aromatic N) is 2. The highest BCUT2D eigenvalue weighted by atomic mass is 16.6. The molecule has 2 aromatic rings. The van der Waals surface area contributed by atoms with Crippen molar-refractivity contribution in [1.29, 1.82) is 0 Å². The molecule has 0 aliphatic heterocycles. The molecule has 6 nitrogen and oxygen atoms in total. The zero-order valence-corrected chi connectivity index (χ0v) is 19.1. The highest BCUT2D eigenvalue weighted by Crippen LogP contribution is 2.28. The van der Waals surface area contributed by atoms with E-state index in [0.717, 1.165) is 53.9 Å². The number of aryl methyl sites for hydroxylation is 2. The van der Waals surface area contributed by atoms with Crippen molar-refractivity contribution in [2.24, 2.45) is 5.16 Å². The summed E-state index contributed by atoms with van der Waals surface area (Å²) >= 11 is 0. The van der Waals surface area contributed by atoms with Crippen LogP contribution in [-0.4, -0.2) is 38.1 Å². The quantitative estimate of drug-likeness (QED) is 0.169. The van der Waals surface area contributed by atoms with E-state index >= 15 is 0 Å². The Morgan fingerprint density at radius 1 is 0.935 bits per heavy atom. The van der Waals surface area contributed by atoms with E-state index in [4.69, 9.17) is 14.2 Å². The third-order valence-corrected chi connectivity index (χ3v) is 4.62. The summed E-state index contributed by atoms with van der Waals surface area (Å²) in [6.07, 6.45) is 11.5.